The monoisotopic (exact) mass is 393 g/mol. The van der Waals surface area contributed by atoms with Gasteiger partial charge in [-0.2, -0.15) is 0 Å². The van der Waals surface area contributed by atoms with Gasteiger partial charge in [-0.15, -0.1) is 0 Å². The topological polar surface area (TPSA) is 80.4 Å². The van der Waals surface area contributed by atoms with Crippen LogP contribution in [0.2, 0.25) is 5.02 Å². The summed E-state index contributed by atoms with van der Waals surface area (Å²) in [5.74, 6) is -0.563. The van der Waals surface area contributed by atoms with Crippen molar-refractivity contribution in [3.8, 4) is 0 Å². The largest absolute Gasteiger partial charge is 0.381 e. The van der Waals surface area contributed by atoms with Crippen LogP contribution in [0.15, 0.2) is 24.3 Å². The van der Waals surface area contributed by atoms with Crippen LogP contribution in [0, 0.1) is 26.9 Å². The highest BCUT2D eigenvalue weighted by Gasteiger charge is 2.70. The Bertz CT molecular complexity index is 762. The maximum absolute atomic E-state index is 13.3. The maximum Gasteiger partial charge on any atom is 0.217 e. The van der Waals surface area contributed by atoms with E-state index in [0.717, 1.165) is 12.8 Å². The molecule has 0 aliphatic heterocycles. The van der Waals surface area contributed by atoms with Crippen molar-refractivity contribution < 1.29 is 14.8 Å². The molecule has 2 aliphatic rings. The standard InChI is InChI=1S/C21H28ClNO4/c1-13(23(26)27)17(14-5-7-16(22)8-6-14)11-18(24)21(25)12-15-9-10-20(21,4)19(15,2)3/h5-8,13,15,17,25H,9-12H2,1-4H3/t13-,15+,17+,20+,21-/m0/s1. The number of fused-ring (bicyclic) bond motifs is 2. The number of hydrogen-bond acceptors (Lipinski definition) is 4. The molecule has 1 N–H and O–H groups in total. The summed E-state index contributed by atoms with van der Waals surface area (Å²) in [5, 5.41) is 23.5. The molecule has 5 atom stereocenters. The van der Waals surface area contributed by atoms with Gasteiger partial charge in [0.1, 0.15) is 5.60 Å². The first kappa shape index (κ1) is 20.3. The van der Waals surface area contributed by atoms with Gasteiger partial charge in [-0.25, -0.2) is 0 Å². The third-order valence-corrected chi connectivity index (χ3v) is 8.22. The second kappa shape index (κ2) is 6.56. The molecular formula is C21H28ClNO4. The van der Waals surface area contributed by atoms with E-state index in [-0.39, 0.29) is 22.5 Å². The van der Waals surface area contributed by atoms with Gasteiger partial charge < -0.3 is 5.11 Å². The van der Waals surface area contributed by atoms with Crippen LogP contribution >= 0.6 is 11.6 Å². The summed E-state index contributed by atoms with van der Waals surface area (Å²) in [6.45, 7) is 7.79. The number of halogens is 1. The summed E-state index contributed by atoms with van der Waals surface area (Å²) in [6, 6.07) is 5.89. The second-order valence-corrected chi connectivity index (χ2v) is 9.60. The van der Waals surface area contributed by atoms with Gasteiger partial charge in [0.05, 0.1) is 5.92 Å². The van der Waals surface area contributed by atoms with Crippen molar-refractivity contribution in [1.29, 1.82) is 0 Å². The minimum Gasteiger partial charge on any atom is -0.381 e. The lowest BCUT2D eigenvalue weighted by atomic mass is 9.62. The van der Waals surface area contributed by atoms with E-state index in [2.05, 4.69) is 13.8 Å². The Balaban J connectivity index is 1.91. The lowest BCUT2D eigenvalue weighted by molar-refractivity contribution is -0.522. The van der Waals surface area contributed by atoms with Gasteiger partial charge in [0.2, 0.25) is 6.04 Å². The van der Waals surface area contributed by atoms with E-state index in [4.69, 9.17) is 11.6 Å². The summed E-state index contributed by atoms with van der Waals surface area (Å²) >= 11 is 5.94. The summed E-state index contributed by atoms with van der Waals surface area (Å²) < 4.78 is 0. The Kier molecular flexibility index (Phi) is 4.92. The Morgan fingerprint density at radius 1 is 1.33 bits per heavy atom. The van der Waals surface area contributed by atoms with Gasteiger partial charge >= 0.3 is 0 Å². The quantitative estimate of drug-likeness (QED) is 0.564. The number of nitrogens with zero attached hydrogens (tertiary/aromatic N) is 1. The van der Waals surface area contributed by atoms with Crippen LogP contribution in [-0.4, -0.2) is 27.5 Å². The van der Waals surface area contributed by atoms with E-state index in [1.807, 2.05) is 6.92 Å². The van der Waals surface area contributed by atoms with Crippen LogP contribution in [0.5, 0.6) is 0 Å². The lowest BCUT2D eigenvalue weighted by Crippen LogP contribution is -2.53. The molecule has 2 saturated carbocycles. The number of hydrogen-bond donors (Lipinski definition) is 1. The van der Waals surface area contributed by atoms with Gasteiger partial charge in [0.15, 0.2) is 5.78 Å². The molecule has 148 valence electrons. The van der Waals surface area contributed by atoms with E-state index >= 15 is 0 Å². The van der Waals surface area contributed by atoms with Crippen molar-refractivity contribution >= 4 is 17.4 Å². The summed E-state index contributed by atoms with van der Waals surface area (Å²) in [6.07, 6.45) is 2.24. The van der Waals surface area contributed by atoms with E-state index in [9.17, 15) is 20.0 Å². The minimum absolute atomic E-state index is 0.0430. The van der Waals surface area contributed by atoms with Crippen LogP contribution in [-0.2, 0) is 4.79 Å². The van der Waals surface area contributed by atoms with Crippen LogP contribution < -0.4 is 0 Å². The van der Waals surface area contributed by atoms with E-state index in [1.54, 1.807) is 24.3 Å². The van der Waals surface area contributed by atoms with Gasteiger partial charge in [-0.1, -0.05) is 44.5 Å². The zero-order valence-electron chi connectivity index (χ0n) is 16.4. The number of benzene rings is 1. The van der Waals surface area contributed by atoms with E-state index < -0.39 is 23.0 Å². The van der Waals surface area contributed by atoms with Gasteiger partial charge in [-0.05, 0) is 48.3 Å². The zero-order valence-corrected chi connectivity index (χ0v) is 17.1. The van der Waals surface area contributed by atoms with Gasteiger partial charge in [-0.3, -0.25) is 14.9 Å². The molecule has 0 saturated heterocycles. The van der Waals surface area contributed by atoms with E-state index in [0.29, 0.717) is 22.9 Å². The molecule has 2 fully saturated rings. The van der Waals surface area contributed by atoms with Crippen molar-refractivity contribution in [1.82, 2.24) is 0 Å². The highest BCUT2D eigenvalue weighted by molar-refractivity contribution is 6.30. The molecule has 1 aromatic rings. The minimum atomic E-state index is -1.42. The molecule has 3 rings (SSSR count). The smallest absolute Gasteiger partial charge is 0.217 e. The van der Waals surface area contributed by atoms with Gasteiger partial charge in [0.25, 0.3) is 0 Å². The van der Waals surface area contributed by atoms with Crippen molar-refractivity contribution in [2.24, 2.45) is 16.7 Å². The molecule has 27 heavy (non-hydrogen) atoms. The van der Waals surface area contributed by atoms with Crippen molar-refractivity contribution in [3.63, 3.8) is 0 Å². The molecule has 2 aliphatic carbocycles. The summed E-state index contributed by atoms with van der Waals surface area (Å²) in [5.41, 5.74) is -1.33. The van der Waals surface area contributed by atoms with Crippen LogP contribution in [0.25, 0.3) is 0 Å². The number of Topliss-reactive ketones (excluding diaryl/α,β-unsaturated/α-hetero) is 1. The normalized spacial score (nSPS) is 33.6. The fourth-order valence-corrected chi connectivity index (χ4v) is 5.62. The Labute approximate surface area is 165 Å². The molecule has 2 bridgehead atoms. The predicted octanol–water partition coefficient (Wildman–Crippen LogP) is 4.63. The van der Waals surface area contributed by atoms with Crippen LogP contribution in [0.1, 0.15) is 64.9 Å². The van der Waals surface area contributed by atoms with Crippen molar-refractivity contribution in [3.05, 3.63) is 45.0 Å². The molecule has 6 heteroatoms. The van der Waals surface area contributed by atoms with Crippen molar-refractivity contribution in [2.45, 2.75) is 70.9 Å². The molecule has 1 aromatic carbocycles. The summed E-state index contributed by atoms with van der Waals surface area (Å²) in [4.78, 5) is 24.4. The average molecular weight is 394 g/mol. The molecule has 0 radical (unpaired) electrons. The van der Waals surface area contributed by atoms with E-state index in [1.165, 1.54) is 6.92 Å². The fraction of sp³-hybridized carbons (Fsp3) is 0.667. The number of ketones is 1. The molecule has 0 spiro atoms. The summed E-state index contributed by atoms with van der Waals surface area (Å²) in [7, 11) is 0. The average Bonchev–Trinajstić information content (AvgIpc) is 2.92. The SMILES string of the molecule is C[C@@H]([C@@H](CC(=O)[C@@]1(O)C[C@H]2CC[C@]1(C)C2(C)C)c1ccc(Cl)cc1)[N+](=O)[O-]. The lowest BCUT2D eigenvalue weighted by Gasteiger charge is -2.44. The zero-order chi connectivity index (χ0) is 20.2. The number of nitro groups is 1. The first-order valence-electron chi connectivity index (χ1n) is 9.58. The third kappa shape index (κ3) is 2.90. The highest BCUT2D eigenvalue weighted by Crippen LogP contribution is 2.70. The molecule has 0 aromatic heterocycles. The molecule has 0 heterocycles. The Hall–Kier alpha value is -1.46. The highest BCUT2D eigenvalue weighted by atomic mass is 35.5. The predicted molar refractivity (Wildman–Crippen MR) is 104 cm³/mol. The number of carbonyl (C=O) groups is 1. The van der Waals surface area contributed by atoms with Crippen LogP contribution in [0.3, 0.4) is 0 Å². The number of rotatable bonds is 6. The van der Waals surface area contributed by atoms with Gasteiger partial charge in [0, 0.05) is 28.7 Å². The van der Waals surface area contributed by atoms with Crippen LogP contribution in [0.4, 0.5) is 0 Å². The molecule has 0 unspecified atom stereocenters. The number of carbonyl (C=O) groups excluding carboxylic acids is 1. The van der Waals surface area contributed by atoms with Crippen molar-refractivity contribution in [2.75, 3.05) is 0 Å². The first-order valence-corrected chi connectivity index (χ1v) is 9.96. The first-order chi connectivity index (χ1) is 12.4. The third-order valence-electron chi connectivity index (χ3n) is 7.97. The molecular weight excluding hydrogens is 366 g/mol. The fourth-order valence-electron chi connectivity index (χ4n) is 5.49. The maximum atomic E-state index is 13.3. The molecule has 5 nitrogen and oxygen atoms in total. The molecule has 0 amide bonds. The second-order valence-electron chi connectivity index (χ2n) is 9.17. The number of aliphatic hydroxyl groups is 1. The Morgan fingerprint density at radius 2 is 1.93 bits per heavy atom. The Morgan fingerprint density at radius 3 is 2.37 bits per heavy atom.